The number of aromatic amines is 1. The number of piperazine rings is 1. The maximum atomic E-state index is 13.0. The molecule has 2 aliphatic heterocycles. The number of pyridine rings is 1. The quantitative estimate of drug-likeness (QED) is 0.753. The van der Waals surface area contributed by atoms with Gasteiger partial charge < -0.3 is 4.90 Å². The predicted molar refractivity (Wildman–Crippen MR) is 110 cm³/mol. The highest BCUT2D eigenvalue weighted by Crippen LogP contribution is 2.25. The molecule has 0 atom stereocenters. The number of hydrogen-bond acceptors (Lipinski definition) is 4. The van der Waals surface area contributed by atoms with Crippen molar-refractivity contribution < 1.29 is 18.2 Å². The van der Waals surface area contributed by atoms with Gasteiger partial charge in [-0.2, -0.15) is 4.31 Å². The Kier molecular flexibility index (Phi) is 5.82. The summed E-state index contributed by atoms with van der Waals surface area (Å²) < 4.78 is 27.0. The molecule has 7 nitrogen and oxygen atoms in total. The van der Waals surface area contributed by atoms with Crippen LogP contribution in [0.15, 0.2) is 59.6 Å². The average molecular weight is 416 g/mol. The highest BCUT2D eigenvalue weighted by atomic mass is 32.2. The Balaban J connectivity index is 1.31. The minimum absolute atomic E-state index is 0.0907. The molecule has 0 bridgehead atoms. The number of carbonyl (C=O) groups excluding carboxylic acids is 1. The number of sulfonamides is 1. The minimum Gasteiger partial charge on any atom is -0.335 e. The molecule has 2 fully saturated rings. The molecule has 1 amide bonds. The second-order valence-electron chi connectivity index (χ2n) is 7.55. The number of benzene rings is 1. The molecule has 0 unspecified atom stereocenters. The maximum Gasteiger partial charge on any atom is 0.274 e. The van der Waals surface area contributed by atoms with E-state index >= 15 is 0 Å². The lowest BCUT2D eigenvalue weighted by atomic mass is 9.96. The van der Waals surface area contributed by atoms with Gasteiger partial charge in [0.2, 0.25) is 15.9 Å². The van der Waals surface area contributed by atoms with E-state index in [-0.39, 0.29) is 11.8 Å². The molecule has 1 aromatic carbocycles. The first-order chi connectivity index (χ1) is 14.1. The van der Waals surface area contributed by atoms with E-state index in [2.05, 4.69) is 9.88 Å². The van der Waals surface area contributed by atoms with Crippen LogP contribution in [0.2, 0.25) is 0 Å². The summed E-state index contributed by atoms with van der Waals surface area (Å²) in [6.45, 7) is 3.79. The minimum atomic E-state index is -3.48. The number of rotatable bonds is 4. The van der Waals surface area contributed by atoms with E-state index in [1.807, 2.05) is 29.3 Å². The third-order valence-corrected chi connectivity index (χ3v) is 7.72. The first-order valence-corrected chi connectivity index (χ1v) is 11.6. The van der Waals surface area contributed by atoms with E-state index < -0.39 is 10.0 Å². The standard InChI is InChI=1S/C21H26N4O3S/c26-21(24-16-14-23(15-17-24)20-8-4-5-11-22-20)18-9-12-25(13-10-18)29(27,28)19-6-2-1-3-7-19/h1-8,11,18H,9-10,12-17H2/p+1. The molecule has 0 radical (unpaired) electrons. The van der Waals surface area contributed by atoms with Crippen LogP contribution in [0.1, 0.15) is 12.8 Å². The van der Waals surface area contributed by atoms with Gasteiger partial charge in [-0.3, -0.25) is 9.69 Å². The number of anilines is 1. The summed E-state index contributed by atoms with van der Waals surface area (Å²) in [5, 5.41) is 0. The van der Waals surface area contributed by atoms with E-state index in [1.165, 1.54) is 4.31 Å². The van der Waals surface area contributed by atoms with Crippen molar-refractivity contribution in [2.24, 2.45) is 5.92 Å². The summed E-state index contributed by atoms with van der Waals surface area (Å²) in [6.07, 6.45) is 3.07. The molecule has 0 spiro atoms. The molecule has 2 aromatic rings. The van der Waals surface area contributed by atoms with Crippen LogP contribution in [0.25, 0.3) is 0 Å². The first kappa shape index (κ1) is 19.8. The molecule has 8 heteroatoms. The van der Waals surface area contributed by atoms with Crippen molar-refractivity contribution in [3.05, 3.63) is 54.7 Å². The fourth-order valence-corrected chi connectivity index (χ4v) is 5.58. The molecule has 0 aliphatic carbocycles. The van der Waals surface area contributed by atoms with Crippen LogP contribution in [0.3, 0.4) is 0 Å². The lowest BCUT2D eigenvalue weighted by Crippen LogP contribution is -2.52. The van der Waals surface area contributed by atoms with Crippen molar-refractivity contribution in [1.29, 1.82) is 0 Å². The molecular formula is C21H27N4O3S+. The number of carbonyl (C=O) groups is 1. The zero-order valence-corrected chi connectivity index (χ0v) is 17.2. The summed E-state index contributed by atoms with van der Waals surface area (Å²) in [5.41, 5.74) is 0. The van der Waals surface area contributed by atoms with E-state index in [9.17, 15) is 13.2 Å². The zero-order chi connectivity index (χ0) is 20.3. The van der Waals surface area contributed by atoms with Gasteiger partial charge in [-0.05, 0) is 31.0 Å². The van der Waals surface area contributed by atoms with Crippen molar-refractivity contribution in [2.45, 2.75) is 17.7 Å². The molecule has 2 aliphatic rings. The largest absolute Gasteiger partial charge is 0.335 e. The van der Waals surface area contributed by atoms with E-state index in [1.54, 1.807) is 30.3 Å². The van der Waals surface area contributed by atoms with Gasteiger partial charge in [0.15, 0.2) is 0 Å². The predicted octanol–water partition coefficient (Wildman–Crippen LogP) is 1.25. The highest BCUT2D eigenvalue weighted by molar-refractivity contribution is 7.89. The lowest BCUT2D eigenvalue weighted by molar-refractivity contribution is -0.364. The molecule has 0 saturated carbocycles. The van der Waals surface area contributed by atoms with Crippen LogP contribution in [-0.4, -0.2) is 62.8 Å². The third kappa shape index (κ3) is 4.28. The number of nitrogens with zero attached hydrogens (tertiary/aromatic N) is 3. The van der Waals surface area contributed by atoms with Crippen LogP contribution >= 0.6 is 0 Å². The van der Waals surface area contributed by atoms with Crippen molar-refractivity contribution >= 4 is 21.7 Å². The fourth-order valence-electron chi connectivity index (χ4n) is 4.09. The molecule has 154 valence electrons. The maximum absolute atomic E-state index is 13.0. The Morgan fingerprint density at radius 3 is 2.14 bits per heavy atom. The molecular weight excluding hydrogens is 388 g/mol. The molecule has 2 saturated heterocycles. The van der Waals surface area contributed by atoms with Crippen molar-refractivity contribution in [2.75, 3.05) is 44.2 Å². The SMILES string of the molecule is O=C(C1CCN(S(=O)(=O)c2ccccc2)CC1)N1CCN(c2cccc[nH+]2)CC1. The van der Waals surface area contributed by atoms with Crippen molar-refractivity contribution in [3.63, 3.8) is 0 Å². The van der Waals surface area contributed by atoms with Crippen LogP contribution in [0.4, 0.5) is 5.82 Å². The van der Waals surface area contributed by atoms with Crippen molar-refractivity contribution in [1.82, 2.24) is 9.21 Å². The summed E-state index contributed by atoms with van der Waals surface area (Å²) in [4.78, 5) is 20.7. The smallest absolute Gasteiger partial charge is 0.274 e. The molecule has 1 N–H and O–H groups in total. The molecule has 29 heavy (non-hydrogen) atoms. The molecule has 3 heterocycles. The third-order valence-electron chi connectivity index (χ3n) is 5.81. The van der Waals surface area contributed by atoms with E-state index in [4.69, 9.17) is 0 Å². The van der Waals surface area contributed by atoms with Crippen LogP contribution in [-0.2, 0) is 14.8 Å². The second-order valence-corrected chi connectivity index (χ2v) is 9.49. The topological polar surface area (TPSA) is 75.1 Å². The van der Waals surface area contributed by atoms with Gasteiger partial charge >= 0.3 is 0 Å². The Morgan fingerprint density at radius 2 is 1.52 bits per heavy atom. The first-order valence-electron chi connectivity index (χ1n) is 10.1. The number of hydrogen-bond donors (Lipinski definition) is 0. The molecule has 4 rings (SSSR count). The van der Waals surface area contributed by atoms with E-state index in [0.29, 0.717) is 43.9 Å². The summed E-state index contributed by atoms with van der Waals surface area (Å²) in [5.74, 6) is 1.14. The molecule has 1 aromatic heterocycles. The number of aromatic nitrogens is 1. The number of piperidine rings is 1. The summed E-state index contributed by atoms with van der Waals surface area (Å²) in [7, 11) is -3.48. The average Bonchev–Trinajstić information content (AvgIpc) is 2.80. The monoisotopic (exact) mass is 415 g/mol. The number of amides is 1. The van der Waals surface area contributed by atoms with Crippen molar-refractivity contribution in [3.8, 4) is 0 Å². The van der Waals surface area contributed by atoms with Gasteiger partial charge in [-0.1, -0.05) is 24.3 Å². The second kappa shape index (κ2) is 8.51. The summed E-state index contributed by atoms with van der Waals surface area (Å²) in [6, 6.07) is 14.5. The Morgan fingerprint density at radius 1 is 0.862 bits per heavy atom. The Labute approximate surface area is 172 Å². The zero-order valence-electron chi connectivity index (χ0n) is 16.4. The summed E-state index contributed by atoms with van der Waals surface area (Å²) >= 11 is 0. The van der Waals surface area contributed by atoms with Crippen LogP contribution in [0.5, 0.6) is 0 Å². The fraction of sp³-hybridized carbons (Fsp3) is 0.429. The van der Waals surface area contributed by atoms with Crippen LogP contribution in [0, 0.1) is 5.92 Å². The van der Waals surface area contributed by atoms with Gasteiger partial charge in [-0.25, -0.2) is 13.4 Å². The van der Waals surface area contributed by atoms with Gasteiger partial charge in [0.05, 0.1) is 24.2 Å². The van der Waals surface area contributed by atoms with Gasteiger partial charge in [0.1, 0.15) is 13.1 Å². The van der Waals surface area contributed by atoms with Gasteiger partial charge in [0, 0.05) is 25.1 Å². The highest BCUT2D eigenvalue weighted by Gasteiger charge is 2.35. The lowest BCUT2D eigenvalue weighted by Gasteiger charge is -2.36. The normalized spacial score (nSPS) is 19.3. The number of nitrogens with one attached hydrogen (secondary N) is 1. The Hall–Kier alpha value is -2.45. The van der Waals surface area contributed by atoms with Crippen LogP contribution < -0.4 is 9.88 Å². The van der Waals surface area contributed by atoms with Gasteiger partial charge in [0.25, 0.3) is 5.82 Å². The van der Waals surface area contributed by atoms with Gasteiger partial charge in [-0.15, -0.1) is 0 Å². The number of H-pyrrole nitrogens is 1. The van der Waals surface area contributed by atoms with E-state index in [0.717, 1.165) is 18.9 Å². The Bertz CT molecular complexity index is 921.